The molecule has 0 saturated heterocycles. The maximum Gasteiger partial charge on any atom is 3.00 e. The smallest absolute Gasteiger partial charge is 0.525 e. The molecule has 0 unspecified atom stereocenters. The number of carbonyl (C=O) groups is 1. The molecule has 0 spiro atoms. The van der Waals surface area contributed by atoms with Crippen molar-refractivity contribution >= 4 is 21.2 Å². The van der Waals surface area contributed by atoms with E-state index >= 15 is 0 Å². The molecule has 1 aromatic carbocycles. The third-order valence-electron chi connectivity index (χ3n) is 3.99. The summed E-state index contributed by atoms with van der Waals surface area (Å²) in [6.07, 6.45) is 0.677. The van der Waals surface area contributed by atoms with E-state index in [0.717, 1.165) is 0 Å². The predicted molar refractivity (Wildman–Crippen MR) is 119 cm³/mol. The average Bonchev–Trinajstić information content (AvgIpc) is 2.60. The standard InChI is InChI=1S/C19H31N2O9P2.Y/c1-15(2)19(22)30-10-6-9-29-18-8-5-7-16(11-20(3)13-31(23,24)25)17(18)12-21(4)14-32(26,27)28;/h5-8H,1,9-14H2,2-4H3,(H2,23,24,25)(H2,26,27,28);/q-1;+3. The van der Waals surface area contributed by atoms with Gasteiger partial charge in [0.1, 0.15) is 18.3 Å². The van der Waals surface area contributed by atoms with Crippen LogP contribution in [0.3, 0.4) is 0 Å². The average molecular weight is 582 g/mol. The Kier molecular flexibility index (Phi) is 14.6. The van der Waals surface area contributed by atoms with Crippen molar-refractivity contribution in [2.75, 3.05) is 39.9 Å². The Morgan fingerprint density at radius 1 is 1.03 bits per heavy atom. The molecule has 0 aliphatic heterocycles. The van der Waals surface area contributed by atoms with Crippen LogP contribution in [0.4, 0.5) is 0 Å². The van der Waals surface area contributed by atoms with Gasteiger partial charge in [-0.3, -0.25) is 25.4 Å². The molecule has 11 nitrogen and oxygen atoms in total. The van der Waals surface area contributed by atoms with Crippen molar-refractivity contribution in [2.24, 2.45) is 0 Å². The number of esters is 1. The minimum absolute atomic E-state index is 0. The number of hydrogen-bond donors (Lipinski definition) is 4. The Balaban J connectivity index is 0.0000102. The van der Waals surface area contributed by atoms with E-state index in [0.29, 0.717) is 16.9 Å². The van der Waals surface area contributed by atoms with Gasteiger partial charge in [0.15, 0.2) is 0 Å². The third kappa shape index (κ3) is 14.5. The van der Waals surface area contributed by atoms with Crippen LogP contribution in [0.15, 0.2) is 30.4 Å². The largest absolute Gasteiger partial charge is 3.00 e. The normalized spacial score (nSPS) is 11.9. The van der Waals surface area contributed by atoms with E-state index in [-0.39, 0.29) is 64.6 Å². The van der Waals surface area contributed by atoms with E-state index in [9.17, 15) is 33.5 Å². The molecule has 0 aliphatic rings. The summed E-state index contributed by atoms with van der Waals surface area (Å²) in [5.74, 6) is -0.0804. The summed E-state index contributed by atoms with van der Waals surface area (Å²) < 4.78 is 33.4. The minimum atomic E-state index is -4.28. The first kappa shape index (κ1) is 32.6. The van der Waals surface area contributed by atoms with Gasteiger partial charge in [-0.1, -0.05) is 18.7 Å². The SMILES string of the molecule is C=C(C)C(=O)OC[CH-]COc1cccc(CN(C)CP(=O)(O)O)c1CN(C)CP(=O)(O)O.[Y+3]. The molecular weight excluding hydrogens is 551 g/mol. The minimum Gasteiger partial charge on any atom is -0.525 e. The summed E-state index contributed by atoms with van der Waals surface area (Å²) in [5, 5.41) is 0. The monoisotopic (exact) mass is 582 g/mol. The Bertz CT molecular complexity index is 888. The molecule has 0 atom stereocenters. The van der Waals surface area contributed by atoms with Gasteiger partial charge in [-0.25, -0.2) is 4.79 Å². The molecule has 1 aromatic rings. The molecule has 0 heterocycles. The van der Waals surface area contributed by atoms with Crippen LogP contribution in [0.1, 0.15) is 18.1 Å². The number of carbonyl (C=O) groups excluding carboxylic acids is 1. The number of hydrogen-bond acceptors (Lipinski definition) is 7. The molecule has 0 aliphatic carbocycles. The van der Waals surface area contributed by atoms with Crippen LogP contribution in [0.5, 0.6) is 5.75 Å². The van der Waals surface area contributed by atoms with Crippen LogP contribution in [0, 0.1) is 6.42 Å². The second kappa shape index (κ2) is 14.8. The topological polar surface area (TPSA) is 157 Å². The summed E-state index contributed by atoms with van der Waals surface area (Å²) in [7, 11) is -5.44. The van der Waals surface area contributed by atoms with E-state index in [1.165, 1.54) is 16.7 Å². The molecule has 33 heavy (non-hydrogen) atoms. The summed E-state index contributed by atoms with van der Waals surface area (Å²) in [6, 6.07) is 5.15. The van der Waals surface area contributed by atoms with Crippen LogP contribution in [-0.2, 0) is 64.5 Å². The van der Waals surface area contributed by atoms with Gasteiger partial charge < -0.3 is 29.0 Å². The van der Waals surface area contributed by atoms with E-state index in [2.05, 4.69) is 6.58 Å². The molecule has 14 heteroatoms. The van der Waals surface area contributed by atoms with Gasteiger partial charge in [-0.05, 0) is 45.9 Å². The second-order valence-corrected chi connectivity index (χ2v) is 10.7. The van der Waals surface area contributed by atoms with Gasteiger partial charge >= 0.3 is 53.9 Å². The first-order chi connectivity index (χ1) is 14.7. The Morgan fingerprint density at radius 2 is 1.58 bits per heavy atom. The zero-order valence-corrected chi connectivity index (χ0v) is 23.6. The van der Waals surface area contributed by atoms with Crippen molar-refractivity contribution in [3.8, 4) is 5.75 Å². The first-order valence-electron chi connectivity index (χ1n) is 9.52. The van der Waals surface area contributed by atoms with Crippen LogP contribution in [-0.4, -0.2) is 75.2 Å². The Morgan fingerprint density at radius 3 is 2.09 bits per heavy atom. The van der Waals surface area contributed by atoms with Crippen LogP contribution in [0.25, 0.3) is 0 Å². The third-order valence-corrected chi connectivity index (χ3v) is 5.69. The summed E-state index contributed by atoms with van der Waals surface area (Å²) in [6.45, 7) is 5.45. The van der Waals surface area contributed by atoms with Crippen LogP contribution < -0.4 is 4.74 Å². The maximum absolute atomic E-state index is 11.4. The summed E-state index contributed by atoms with van der Waals surface area (Å²) in [4.78, 5) is 51.2. The number of nitrogens with zero attached hydrogens (tertiary/aromatic N) is 2. The second-order valence-electron chi connectivity index (χ2n) is 7.51. The van der Waals surface area contributed by atoms with Crippen molar-refractivity contribution in [3.05, 3.63) is 47.9 Å². The fourth-order valence-electron chi connectivity index (χ4n) is 2.82. The molecule has 0 radical (unpaired) electrons. The van der Waals surface area contributed by atoms with Crippen molar-refractivity contribution < 1.29 is 75.7 Å². The predicted octanol–water partition coefficient (Wildman–Crippen LogP) is 1.52. The van der Waals surface area contributed by atoms with Gasteiger partial charge in [-0.2, -0.15) is 0 Å². The van der Waals surface area contributed by atoms with Gasteiger partial charge in [0.2, 0.25) is 0 Å². The van der Waals surface area contributed by atoms with Gasteiger partial charge in [0, 0.05) is 24.2 Å². The fourth-order valence-corrected chi connectivity index (χ4v) is 4.28. The molecule has 0 bridgehead atoms. The molecule has 1 rings (SSSR count). The zero-order valence-electron chi connectivity index (χ0n) is 19.0. The van der Waals surface area contributed by atoms with Crippen LogP contribution >= 0.6 is 15.2 Å². The Labute approximate surface area is 219 Å². The Hall–Kier alpha value is -0.446. The van der Waals surface area contributed by atoms with E-state index in [1.54, 1.807) is 38.7 Å². The van der Waals surface area contributed by atoms with Crippen molar-refractivity contribution in [3.63, 3.8) is 0 Å². The van der Waals surface area contributed by atoms with Crippen molar-refractivity contribution in [1.29, 1.82) is 0 Å². The molecule has 0 fully saturated rings. The van der Waals surface area contributed by atoms with E-state index in [4.69, 9.17) is 9.47 Å². The van der Waals surface area contributed by atoms with Gasteiger partial charge in [-0.15, -0.1) is 0 Å². The molecule has 182 valence electrons. The maximum atomic E-state index is 11.4. The first-order valence-corrected chi connectivity index (χ1v) is 13.1. The van der Waals surface area contributed by atoms with Gasteiger partial charge in [0.25, 0.3) is 0 Å². The molecule has 0 saturated carbocycles. The van der Waals surface area contributed by atoms with Crippen molar-refractivity contribution in [1.82, 2.24) is 9.80 Å². The van der Waals surface area contributed by atoms with E-state index < -0.39 is 33.7 Å². The number of benzene rings is 1. The number of ether oxygens (including phenoxy) is 2. The quantitative estimate of drug-likeness (QED) is 0.0829. The van der Waals surface area contributed by atoms with Crippen LogP contribution in [0.2, 0.25) is 0 Å². The van der Waals surface area contributed by atoms with E-state index in [1.807, 2.05) is 0 Å². The molecule has 0 amide bonds. The fraction of sp³-hybridized carbons (Fsp3) is 0.474. The van der Waals surface area contributed by atoms with Gasteiger partial charge in [0.05, 0.1) is 0 Å². The summed E-state index contributed by atoms with van der Waals surface area (Å²) in [5.41, 5.74) is 1.58. The number of rotatable bonds is 14. The van der Waals surface area contributed by atoms with Crippen molar-refractivity contribution in [2.45, 2.75) is 20.0 Å². The molecular formula is C19H31N2O9P2Y+2. The zero-order chi connectivity index (χ0) is 24.5. The summed E-state index contributed by atoms with van der Waals surface area (Å²) >= 11 is 0. The molecule has 0 aromatic heterocycles. The molecule has 4 N–H and O–H groups in total.